The van der Waals surface area contributed by atoms with Crippen molar-refractivity contribution in [3.05, 3.63) is 93.7 Å². The Morgan fingerprint density at radius 3 is 1.84 bits per heavy atom. The molecule has 0 aliphatic rings. The summed E-state index contributed by atoms with van der Waals surface area (Å²) in [6.07, 6.45) is 2.08. The molecule has 94 valence electrons. The van der Waals surface area contributed by atoms with Crippen LogP contribution < -0.4 is 0 Å². The van der Waals surface area contributed by atoms with Crippen molar-refractivity contribution in [2.75, 3.05) is 0 Å². The SMILES string of the molecule is c1ccc(Cc2ccsc2Cc2ccccc2)cc1. The molecule has 0 amide bonds. The van der Waals surface area contributed by atoms with Gasteiger partial charge in [0, 0.05) is 11.3 Å². The zero-order chi connectivity index (χ0) is 12.9. The predicted octanol–water partition coefficient (Wildman–Crippen LogP) is 4.93. The molecule has 0 radical (unpaired) electrons. The normalized spacial score (nSPS) is 10.5. The molecule has 0 N–H and O–H groups in total. The van der Waals surface area contributed by atoms with Crippen molar-refractivity contribution in [1.29, 1.82) is 0 Å². The van der Waals surface area contributed by atoms with Gasteiger partial charge in [-0.05, 0) is 34.6 Å². The molecule has 0 spiro atoms. The third-order valence-corrected chi connectivity index (χ3v) is 4.25. The van der Waals surface area contributed by atoms with E-state index < -0.39 is 0 Å². The largest absolute Gasteiger partial charge is 0.148 e. The van der Waals surface area contributed by atoms with Crippen LogP contribution in [-0.4, -0.2) is 0 Å². The zero-order valence-electron chi connectivity index (χ0n) is 10.8. The molecule has 2 aromatic carbocycles. The molecular formula is C18H16S. The lowest BCUT2D eigenvalue weighted by Gasteiger charge is -2.04. The average molecular weight is 264 g/mol. The molecule has 0 unspecified atom stereocenters. The van der Waals surface area contributed by atoms with E-state index in [1.54, 1.807) is 0 Å². The van der Waals surface area contributed by atoms with Crippen LogP contribution in [0.2, 0.25) is 0 Å². The molecule has 1 aromatic heterocycles. The highest BCUT2D eigenvalue weighted by atomic mass is 32.1. The number of benzene rings is 2. The Hall–Kier alpha value is -1.86. The Balaban J connectivity index is 1.79. The standard InChI is InChI=1S/C18H16S/c1-3-7-15(8-4-1)13-17-11-12-19-18(17)14-16-9-5-2-6-10-16/h1-12H,13-14H2. The van der Waals surface area contributed by atoms with Crippen LogP contribution in [-0.2, 0) is 12.8 Å². The van der Waals surface area contributed by atoms with E-state index in [2.05, 4.69) is 72.1 Å². The fourth-order valence-corrected chi connectivity index (χ4v) is 3.21. The Morgan fingerprint density at radius 1 is 0.632 bits per heavy atom. The average Bonchev–Trinajstić information content (AvgIpc) is 2.88. The summed E-state index contributed by atoms with van der Waals surface area (Å²) in [6.45, 7) is 0. The minimum atomic E-state index is 1.03. The minimum absolute atomic E-state index is 1.03. The molecule has 19 heavy (non-hydrogen) atoms. The highest BCUT2D eigenvalue weighted by Gasteiger charge is 2.06. The maximum Gasteiger partial charge on any atom is 0.0124 e. The summed E-state index contributed by atoms with van der Waals surface area (Å²) >= 11 is 1.86. The van der Waals surface area contributed by atoms with Gasteiger partial charge >= 0.3 is 0 Å². The Morgan fingerprint density at radius 2 is 1.21 bits per heavy atom. The maximum atomic E-state index is 2.26. The molecule has 0 fully saturated rings. The molecule has 0 saturated carbocycles. The van der Waals surface area contributed by atoms with E-state index in [4.69, 9.17) is 0 Å². The van der Waals surface area contributed by atoms with Crippen molar-refractivity contribution in [1.82, 2.24) is 0 Å². The van der Waals surface area contributed by atoms with Crippen molar-refractivity contribution in [2.24, 2.45) is 0 Å². The van der Waals surface area contributed by atoms with Gasteiger partial charge in [0.2, 0.25) is 0 Å². The fraction of sp³-hybridized carbons (Fsp3) is 0.111. The van der Waals surface area contributed by atoms with Crippen molar-refractivity contribution in [3.8, 4) is 0 Å². The van der Waals surface area contributed by atoms with Gasteiger partial charge in [0.25, 0.3) is 0 Å². The lowest BCUT2D eigenvalue weighted by Crippen LogP contribution is -1.92. The van der Waals surface area contributed by atoms with E-state index >= 15 is 0 Å². The van der Waals surface area contributed by atoms with Crippen molar-refractivity contribution >= 4 is 11.3 Å². The summed E-state index contributed by atoms with van der Waals surface area (Å²) < 4.78 is 0. The van der Waals surface area contributed by atoms with Crippen molar-refractivity contribution in [2.45, 2.75) is 12.8 Å². The van der Waals surface area contributed by atoms with Crippen LogP contribution in [0.4, 0.5) is 0 Å². The fourth-order valence-electron chi connectivity index (χ4n) is 2.28. The zero-order valence-corrected chi connectivity index (χ0v) is 11.6. The first-order valence-corrected chi connectivity index (χ1v) is 7.43. The molecule has 0 bridgehead atoms. The van der Waals surface area contributed by atoms with E-state index in [0.29, 0.717) is 0 Å². The molecule has 0 aliphatic heterocycles. The second-order valence-corrected chi connectivity index (χ2v) is 5.69. The lowest BCUT2D eigenvalue weighted by molar-refractivity contribution is 1.13. The molecule has 0 aliphatic carbocycles. The van der Waals surface area contributed by atoms with Gasteiger partial charge in [-0.2, -0.15) is 0 Å². The molecule has 1 heteroatoms. The van der Waals surface area contributed by atoms with E-state index in [-0.39, 0.29) is 0 Å². The third-order valence-electron chi connectivity index (χ3n) is 3.28. The van der Waals surface area contributed by atoms with Crippen LogP contribution in [0.25, 0.3) is 0 Å². The Bertz CT molecular complexity index is 567. The van der Waals surface area contributed by atoms with Gasteiger partial charge in [0.1, 0.15) is 0 Å². The van der Waals surface area contributed by atoms with Crippen molar-refractivity contribution < 1.29 is 0 Å². The first-order valence-electron chi connectivity index (χ1n) is 6.55. The Kier molecular flexibility index (Phi) is 3.75. The molecule has 0 saturated heterocycles. The summed E-state index contributed by atoms with van der Waals surface area (Å²) in [6, 6.07) is 23.6. The van der Waals surface area contributed by atoms with Crippen LogP contribution in [0.5, 0.6) is 0 Å². The Labute approximate surface area is 118 Å². The maximum absolute atomic E-state index is 2.26. The number of thiophene rings is 1. The van der Waals surface area contributed by atoms with Crippen LogP contribution in [0.1, 0.15) is 21.6 Å². The number of hydrogen-bond acceptors (Lipinski definition) is 1. The lowest BCUT2D eigenvalue weighted by atomic mass is 10.0. The van der Waals surface area contributed by atoms with Gasteiger partial charge in [0.05, 0.1) is 0 Å². The van der Waals surface area contributed by atoms with E-state index in [0.717, 1.165) is 12.8 Å². The molecule has 0 nitrogen and oxygen atoms in total. The van der Waals surface area contributed by atoms with Gasteiger partial charge < -0.3 is 0 Å². The molecule has 3 aromatic rings. The summed E-state index contributed by atoms with van der Waals surface area (Å²) in [7, 11) is 0. The van der Waals surface area contributed by atoms with Gasteiger partial charge in [-0.15, -0.1) is 11.3 Å². The first kappa shape index (κ1) is 12.2. The monoisotopic (exact) mass is 264 g/mol. The van der Waals surface area contributed by atoms with Crippen LogP contribution >= 0.6 is 11.3 Å². The van der Waals surface area contributed by atoms with Crippen molar-refractivity contribution in [3.63, 3.8) is 0 Å². The van der Waals surface area contributed by atoms with Gasteiger partial charge in [0.15, 0.2) is 0 Å². The smallest absolute Gasteiger partial charge is 0.0124 e. The molecular weight excluding hydrogens is 248 g/mol. The van der Waals surface area contributed by atoms with Gasteiger partial charge in [-0.25, -0.2) is 0 Å². The predicted molar refractivity (Wildman–Crippen MR) is 82.8 cm³/mol. The topological polar surface area (TPSA) is 0 Å². The highest BCUT2D eigenvalue weighted by molar-refractivity contribution is 7.10. The summed E-state index contributed by atoms with van der Waals surface area (Å²) in [4.78, 5) is 1.48. The van der Waals surface area contributed by atoms with E-state index in [1.807, 2.05) is 11.3 Å². The second kappa shape index (κ2) is 5.85. The number of hydrogen-bond donors (Lipinski definition) is 0. The van der Waals surface area contributed by atoms with E-state index in [9.17, 15) is 0 Å². The van der Waals surface area contributed by atoms with Crippen LogP contribution in [0.15, 0.2) is 72.1 Å². The first-order chi connectivity index (χ1) is 9.42. The summed E-state index contributed by atoms with van der Waals surface area (Å²) in [5, 5.41) is 2.20. The van der Waals surface area contributed by atoms with Gasteiger partial charge in [-0.1, -0.05) is 60.7 Å². The third kappa shape index (κ3) is 3.12. The quantitative estimate of drug-likeness (QED) is 0.627. The molecule has 0 atom stereocenters. The number of rotatable bonds is 4. The van der Waals surface area contributed by atoms with Gasteiger partial charge in [-0.3, -0.25) is 0 Å². The van der Waals surface area contributed by atoms with E-state index in [1.165, 1.54) is 21.6 Å². The van der Waals surface area contributed by atoms with Crippen LogP contribution in [0, 0.1) is 0 Å². The second-order valence-electron chi connectivity index (χ2n) is 4.69. The van der Waals surface area contributed by atoms with Crippen LogP contribution in [0.3, 0.4) is 0 Å². The minimum Gasteiger partial charge on any atom is -0.148 e. The summed E-state index contributed by atoms with van der Waals surface area (Å²) in [5.41, 5.74) is 4.23. The molecule has 1 heterocycles. The summed E-state index contributed by atoms with van der Waals surface area (Å²) in [5.74, 6) is 0. The highest BCUT2D eigenvalue weighted by Crippen LogP contribution is 2.23. The molecule has 3 rings (SSSR count).